The number of primary amides is 1. The van der Waals surface area contributed by atoms with Crippen LogP contribution < -0.4 is 5.73 Å². The molecule has 3 atom stereocenters. The molecule has 0 aromatic rings. The Balaban J connectivity index is 1.61. The van der Waals surface area contributed by atoms with Crippen molar-refractivity contribution in [2.45, 2.75) is 31.3 Å². The van der Waals surface area contributed by atoms with Crippen LogP contribution in [0.5, 0.6) is 0 Å². The van der Waals surface area contributed by atoms with Crippen LogP contribution in [0.2, 0.25) is 0 Å². The summed E-state index contributed by atoms with van der Waals surface area (Å²) in [7, 11) is 0. The number of fused-ring (bicyclic) bond motifs is 1. The third-order valence-electron chi connectivity index (χ3n) is 4.86. The molecular formula is C14H24N3O2. The van der Waals surface area contributed by atoms with E-state index in [-0.39, 0.29) is 11.9 Å². The predicted molar refractivity (Wildman–Crippen MR) is 72.4 cm³/mol. The van der Waals surface area contributed by atoms with Crippen molar-refractivity contribution in [1.82, 2.24) is 9.80 Å². The molecule has 1 radical (unpaired) electrons. The lowest BCUT2D eigenvalue weighted by Gasteiger charge is -2.38. The summed E-state index contributed by atoms with van der Waals surface area (Å²) in [5.41, 5.74) is 5.53. The lowest BCUT2D eigenvalue weighted by atomic mass is 9.95. The van der Waals surface area contributed by atoms with Crippen LogP contribution in [0, 0.1) is 12.3 Å². The number of carbonyl (C=O) groups excluding carboxylic acids is 1. The molecule has 1 amide bonds. The van der Waals surface area contributed by atoms with Gasteiger partial charge >= 0.3 is 0 Å². The van der Waals surface area contributed by atoms with Gasteiger partial charge in [-0.2, -0.15) is 0 Å². The van der Waals surface area contributed by atoms with Crippen LogP contribution in [0.15, 0.2) is 0 Å². The van der Waals surface area contributed by atoms with Crippen molar-refractivity contribution in [3.8, 4) is 0 Å². The average molecular weight is 266 g/mol. The third kappa shape index (κ3) is 2.78. The van der Waals surface area contributed by atoms with E-state index < -0.39 is 0 Å². The molecule has 3 fully saturated rings. The number of rotatable bonds is 3. The lowest BCUT2D eigenvalue weighted by molar-refractivity contribution is -0.124. The van der Waals surface area contributed by atoms with Gasteiger partial charge in [-0.15, -0.1) is 0 Å². The molecule has 0 aromatic heterocycles. The molecule has 5 heteroatoms. The molecule has 3 aliphatic heterocycles. The predicted octanol–water partition coefficient (Wildman–Crippen LogP) is -0.139. The zero-order valence-electron chi connectivity index (χ0n) is 11.5. The minimum atomic E-state index is -0.175. The minimum absolute atomic E-state index is 0.0905. The molecule has 107 valence electrons. The maximum Gasteiger partial charge on any atom is 0.234 e. The summed E-state index contributed by atoms with van der Waals surface area (Å²) in [6.45, 7) is 5.93. The van der Waals surface area contributed by atoms with Crippen molar-refractivity contribution >= 4 is 5.91 Å². The standard InChI is InChI=1S/C14H24N3O2/c15-14(18)12-3-1-2-5-17(12)9-11-4-6-16-7-8-19-10-13(11)16/h1,11-13H,2-10H2,(H2,15,18)/t11-,12?,13+/m0/s1. The minimum Gasteiger partial charge on any atom is -0.378 e. The Morgan fingerprint density at radius 3 is 3.11 bits per heavy atom. The van der Waals surface area contributed by atoms with Crippen LogP contribution in [-0.4, -0.2) is 67.2 Å². The number of hydrogen-bond donors (Lipinski definition) is 1. The first kappa shape index (κ1) is 13.3. The highest BCUT2D eigenvalue weighted by Gasteiger charge is 2.38. The second-order valence-electron chi connectivity index (χ2n) is 5.95. The number of nitrogens with two attached hydrogens (primary N) is 1. The molecule has 3 heterocycles. The number of piperidine rings is 1. The molecule has 0 aliphatic carbocycles. The average Bonchev–Trinajstić information content (AvgIpc) is 2.83. The van der Waals surface area contributed by atoms with Crippen LogP contribution in [0.25, 0.3) is 0 Å². The Hall–Kier alpha value is -0.650. The van der Waals surface area contributed by atoms with Crippen molar-refractivity contribution in [1.29, 1.82) is 0 Å². The van der Waals surface area contributed by atoms with E-state index in [1.54, 1.807) is 0 Å². The van der Waals surface area contributed by atoms with E-state index in [9.17, 15) is 4.79 Å². The highest BCUT2D eigenvalue weighted by molar-refractivity contribution is 5.80. The summed E-state index contributed by atoms with van der Waals surface area (Å²) in [5.74, 6) is 0.450. The number of amides is 1. The normalized spacial score (nSPS) is 37.2. The molecular weight excluding hydrogens is 242 g/mol. The van der Waals surface area contributed by atoms with Crippen molar-refractivity contribution in [3.05, 3.63) is 6.42 Å². The number of morpholine rings is 1. The van der Waals surface area contributed by atoms with Crippen LogP contribution >= 0.6 is 0 Å². The van der Waals surface area contributed by atoms with Crippen molar-refractivity contribution in [2.75, 3.05) is 39.4 Å². The fraction of sp³-hybridized carbons (Fsp3) is 0.857. The van der Waals surface area contributed by atoms with Gasteiger partial charge in [0.1, 0.15) is 0 Å². The van der Waals surface area contributed by atoms with Crippen LogP contribution in [0.3, 0.4) is 0 Å². The van der Waals surface area contributed by atoms with E-state index in [1.807, 2.05) is 0 Å². The fourth-order valence-corrected chi connectivity index (χ4v) is 3.76. The van der Waals surface area contributed by atoms with Gasteiger partial charge in [0.2, 0.25) is 5.91 Å². The third-order valence-corrected chi connectivity index (χ3v) is 4.86. The second kappa shape index (κ2) is 5.77. The van der Waals surface area contributed by atoms with Crippen LogP contribution in [0.4, 0.5) is 0 Å². The largest absolute Gasteiger partial charge is 0.378 e. The Labute approximate surface area is 115 Å². The van der Waals surface area contributed by atoms with Gasteiger partial charge in [0.25, 0.3) is 0 Å². The van der Waals surface area contributed by atoms with E-state index in [2.05, 4.69) is 16.2 Å². The van der Waals surface area contributed by atoms with Gasteiger partial charge in [-0.25, -0.2) is 0 Å². The van der Waals surface area contributed by atoms with Gasteiger partial charge < -0.3 is 10.5 Å². The van der Waals surface area contributed by atoms with Gasteiger partial charge in [-0.3, -0.25) is 14.6 Å². The smallest absolute Gasteiger partial charge is 0.234 e. The van der Waals surface area contributed by atoms with Crippen molar-refractivity contribution in [3.63, 3.8) is 0 Å². The monoisotopic (exact) mass is 266 g/mol. The number of ether oxygens (including phenoxy) is 1. The Morgan fingerprint density at radius 1 is 1.37 bits per heavy atom. The molecule has 0 aromatic carbocycles. The van der Waals surface area contributed by atoms with E-state index in [0.29, 0.717) is 12.0 Å². The molecule has 0 saturated carbocycles. The Kier molecular flexibility index (Phi) is 4.05. The first-order valence-electron chi connectivity index (χ1n) is 7.42. The maximum atomic E-state index is 11.5. The molecule has 0 bridgehead atoms. The van der Waals surface area contributed by atoms with Gasteiger partial charge in [-0.1, -0.05) is 0 Å². The molecule has 1 unspecified atom stereocenters. The number of carbonyl (C=O) groups is 1. The molecule has 3 aliphatic rings. The number of nitrogens with zero attached hydrogens (tertiary/aromatic N) is 2. The van der Waals surface area contributed by atoms with Gasteiger partial charge in [0.05, 0.1) is 19.3 Å². The maximum absolute atomic E-state index is 11.5. The SMILES string of the molecule is NC(=O)C1C[CH]CCN1C[C@@H]1CCN2CCOC[C@H]12. The lowest BCUT2D eigenvalue weighted by Crippen LogP contribution is -2.52. The summed E-state index contributed by atoms with van der Waals surface area (Å²) in [5, 5.41) is 0. The molecule has 2 N–H and O–H groups in total. The van der Waals surface area contributed by atoms with Crippen molar-refractivity contribution in [2.24, 2.45) is 11.7 Å². The summed E-state index contributed by atoms with van der Waals surface area (Å²) >= 11 is 0. The number of hydrogen-bond acceptors (Lipinski definition) is 4. The molecule has 5 nitrogen and oxygen atoms in total. The second-order valence-corrected chi connectivity index (χ2v) is 5.95. The molecule has 19 heavy (non-hydrogen) atoms. The first-order valence-corrected chi connectivity index (χ1v) is 7.42. The fourth-order valence-electron chi connectivity index (χ4n) is 3.76. The van der Waals surface area contributed by atoms with Crippen LogP contribution in [0.1, 0.15) is 19.3 Å². The van der Waals surface area contributed by atoms with Crippen LogP contribution in [-0.2, 0) is 9.53 Å². The summed E-state index contributed by atoms with van der Waals surface area (Å²) in [6, 6.07) is 0.459. The first-order chi connectivity index (χ1) is 9.25. The quantitative estimate of drug-likeness (QED) is 0.772. The molecule has 0 spiro atoms. The zero-order valence-corrected chi connectivity index (χ0v) is 11.5. The summed E-state index contributed by atoms with van der Waals surface area (Å²) in [6.07, 6.45) is 5.30. The topological polar surface area (TPSA) is 58.8 Å². The van der Waals surface area contributed by atoms with Gasteiger partial charge in [-0.05, 0) is 44.7 Å². The van der Waals surface area contributed by atoms with E-state index in [4.69, 9.17) is 10.5 Å². The van der Waals surface area contributed by atoms with E-state index in [0.717, 1.165) is 45.7 Å². The van der Waals surface area contributed by atoms with Gasteiger partial charge in [0.15, 0.2) is 0 Å². The Morgan fingerprint density at radius 2 is 2.26 bits per heavy atom. The van der Waals surface area contributed by atoms with Gasteiger partial charge in [0, 0.05) is 19.1 Å². The van der Waals surface area contributed by atoms with Crippen molar-refractivity contribution < 1.29 is 9.53 Å². The molecule has 3 rings (SSSR count). The highest BCUT2D eigenvalue weighted by Crippen LogP contribution is 2.29. The highest BCUT2D eigenvalue weighted by atomic mass is 16.5. The zero-order chi connectivity index (χ0) is 13.2. The van der Waals surface area contributed by atoms with E-state index >= 15 is 0 Å². The van der Waals surface area contributed by atoms with E-state index in [1.165, 1.54) is 13.0 Å². The summed E-state index contributed by atoms with van der Waals surface area (Å²) in [4.78, 5) is 16.4. The summed E-state index contributed by atoms with van der Waals surface area (Å²) < 4.78 is 5.62. The number of likely N-dealkylation sites (tertiary alicyclic amines) is 1. The molecule has 3 saturated heterocycles. The Bertz CT molecular complexity index is 337.